The molecule has 2 aliphatic rings. The number of aromatic amines is 1. The second kappa shape index (κ2) is 10.4. The van der Waals surface area contributed by atoms with E-state index in [1.807, 2.05) is 30.3 Å². The molecule has 0 aliphatic carbocycles. The Hall–Kier alpha value is -3.12. The van der Waals surface area contributed by atoms with Crippen molar-refractivity contribution in [1.29, 1.82) is 0 Å². The summed E-state index contributed by atoms with van der Waals surface area (Å²) < 4.78 is 5.24. The molecule has 0 bridgehead atoms. The first kappa shape index (κ1) is 22.7. The van der Waals surface area contributed by atoms with Gasteiger partial charge in [0.2, 0.25) is 0 Å². The van der Waals surface area contributed by atoms with Gasteiger partial charge in [0, 0.05) is 31.2 Å². The Morgan fingerprint density at radius 2 is 1.91 bits per heavy atom. The van der Waals surface area contributed by atoms with Gasteiger partial charge in [0.05, 0.1) is 12.8 Å². The van der Waals surface area contributed by atoms with Gasteiger partial charge in [-0.15, -0.1) is 0 Å². The van der Waals surface area contributed by atoms with E-state index in [0.29, 0.717) is 17.7 Å². The van der Waals surface area contributed by atoms with Crippen LogP contribution in [0.25, 0.3) is 11.3 Å². The Balaban J connectivity index is 1.18. The molecular formula is C28H34N4O2. The molecule has 6 nitrogen and oxygen atoms in total. The van der Waals surface area contributed by atoms with E-state index in [-0.39, 0.29) is 5.91 Å². The number of nitrogens with one attached hydrogen (secondary N) is 1. The highest BCUT2D eigenvalue weighted by Crippen LogP contribution is 2.32. The number of fused-ring (bicyclic) bond motifs is 1. The van der Waals surface area contributed by atoms with Crippen LogP contribution in [0.3, 0.4) is 0 Å². The third-order valence-corrected chi connectivity index (χ3v) is 7.39. The smallest absolute Gasteiger partial charge is 0.272 e. The molecule has 178 valence electrons. The van der Waals surface area contributed by atoms with Crippen LogP contribution in [-0.2, 0) is 6.42 Å². The first-order valence-electron chi connectivity index (χ1n) is 12.5. The van der Waals surface area contributed by atoms with Crippen LogP contribution >= 0.6 is 0 Å². The van der Waals surface area contributed by atoms with Crippen molar-refractivity contribution in [2.24, 2.45) is 5.92 Å². The number of likely N-dealkylation sites (tertiary alicyclic amines) is 2. The number of aryl methyl sites for hydroxylation is 1. The number of amides is 1. The van der Waals surface area contributed by atoms with E-state index >= 15 is 0 Å². The average molecular weight is 459 g/mol. The molecule has 1 N–H and O–H groups in total. The number of methoxy groups -OCH3 is 1. The zero-order valence-corrected chi connectivity index (χ0v) is 20.0. The molecule has 0 spiro atoms. The predicted molar refractivity (Wildman–Crippen MR) is 134 cm³/mol. The van der Waals surface area contributed by atoms with Crippen LogP contribution in [0.4, 0.5) is 0 Å². The maximum Gasteiger partial charge on any atom is 0.272 e. The highest BCUT2D eigenvalue weighted by Gasteiger charge is 2.38. The minimum absolute atomic E-state index is 0.0829. The Morgan fingerprint density at radius 1 is 1.09 bits per heavy atom. The number of piperidine rings is 2. The van der Waals surface area contributed by atoms with Gasteiger partial charge in [-0.05, 0) is 80.5 Å². The standard InChI is InChI=1S/C28H34N4O2/c1-34-24-13-11-22(12-14-24)25-19-26(30-29-25)28(33)32-17-6-10-23-20-31(18-15-27(23)32)16-5-9-21-7-3-2-4-8-21/h2-4,7-8,11-14,19,23,27H,5-6,9-10,15-18,20H2,1H3,(H,29,30)/t23-,27+/m1/s1. The van der Waals surface area contributed by atoms with Gasteiger partial charge < -0.3 is 14.5 Å². The lowest BCUT2D eigenvalue weighted by atomic mass is 9.83. The molecule has 2 fully saturated rings. The summed E-state index contributed by atoms with van der Waals surface area (Å²) in [6.07, 6.45) is 5.66. The lowest BCUT2D eigenvalue weighted by Gasteiger charge is -2.47. The fourth-order valence-corrected chi connectivity index (χ4v) is 5.58. The molecule has 3 aromatic rings. The van der Waals surface area contributed by atoms with E-state index in [1.165, 1.54) is 18.4 Å². The molecule has 2 aromatic carbocycles. The molecule has 2 saturated heterocycles. The maximum absolute atomic E-state index is 13.4. The van der Waals surface area contributed by atoms with Gasteiger partial charge >= 0.3 is 0 Å². The minimum Gasteiger partial charge on any atom is -0.497 e. The Bertz CT molecular complexity index is 1080. The number of ether oxygens (including phenoxy) is 1. The number of hydrogen-bond acceptors (Lipinski definition) is 4. The maximum atomic E-state index is 13.4. The van der Waals surface area contributed by atoms with E-state index in [0.717, 1.165) is 62.4 Å². The summed E-state index contributed by atoms with van der Waals surface area (Å²) in [5.41, 5.74) is 3.75. The predicted octanol–water partition coefficient (Wildman–Crippen LogP) is 4.64. The van der Waals surface area contributed by atoms with Crippen molar-refractivity contribution in [3.8, 4) is 17.0 Å². The van der Waals surface area contributed by atoms with Crippen molar-refractivity contribution in [1.82, 2.24) is 20.0 Å². The first-order chi connectivity index (χ1) is 16.7. The quantitative estimate of drug-likeness (QED) is 0.560. The van der Waals surface area contributed by atoms with Crippen molar-refractivity contribution in [3.05, 3.63) is 71.9 Å². The molecule has 5 rings (SSSR count). The van der Waals surface area contributed by atoms with E-state index < -0.39 is 0 Å². The molecule has 0 unspecified atom stereocenters. The van der Waals surface area contributed by atoms with E-state index in [1.54, 1.807) is 7.11 Å². The number of hydrogen-bond donors (Lipinski definition) is 1. The molecule has 2 aliphatic heterocycles. The van der Waals surface area contributed by atoms with Gasteiger partial charge in [-0.2, -0.15) is 5.10 Å². The lowest BCUT2D eigenvalue weighted by molar-refractivity contribution is 0.0196. The van der Waals surface area contributed by atoms with E-state index in [9.17, 15) is 4.79 Å². The number of rotatable bonds is 7. The molecule has 1 aromatic heterocycles. The number of H-pyrrole nitrogens is 1. The Morgan fingerprint density at radius 3 is 2.71 bits per heavy atom. The van der Waals surface area contributed by atoms with Crippen molar-refractivity contribution in [2.75, 3.05) is 33.3 Å². The first-order valence-corrected chi connectivity index (χ1v) is 12.5. The summed E-state index contributed by atoms with van der Waals surface area (Å²) in [6.45, 7) is 4.14. The largest absolute Gasteiger partial charge is 0.497 e. The van der Waals surface area contributed by atoms with Crippen LogP contribution in [0.5, 0.6) is 5.75 Å². The lowest BCUT2D eigenvalue weighted by Crippen LogP contribution is -2.55. The van der Waals surface area contributed by atoms with Gasteiger partial charge in [-0.1, -0.05) is 30.3 Å². The molecule has 34 heavy (non-hydrogen) atoms. The summed E-state index contributed by atoms with van der Waals surface area (Å²) in [4.78, 5) is 18.2. The van der Waals surface area contributed by atoms with Crippen LogP contribution in [-0.4, -0.2) is 65.2 Å². The summed E-state index contributed by atoms with van der Waals surface area (Å²) in [6, 6.07) is 20.7. The summed E-state index contributed by atoms with van der Waals surface area (Å²) in [5.74, 6) is 1.45. The third kappa shape index (κ3) is 5.02. The van der Waals surface area contributed by atoms with Gasteiger partial charge in [-0.3, -0.25) is 9.89 Å². The van der Waals surface area contributed by atoms with Crippen molar-refractivity contribution < 1.29 is 9.53 Å². The number of aromatic nitrogens is 2. The van der Waals surface area contributed by atoms with E-state index in [4.69, 9.17) is 4.74 Å². The van der Waals surface area contributed by atoms with Crippen LogP contribution in [0.2, 0.25) is 0 Å². The van der Waals surface area contributed by atoms with Crippen LogP contribution in [0.1, 0.15) is 41.7 Å². The number of nitrogens with zero attached hydrogens (tertiary/aromatic N) is 3. The van der Waals surface area contributed by atoms with Gasteiger partial charge in [0.15, 0.2) is 0 Å². The average Bonchev–Trinajstić information content (AvgIpc) is 3.39. The molecular weight excluding hydrogens is 424 g/mol. The van der Waals surface area contributed by atoms with Gasteiger partial charge in [0.25, 0.3) is 5.91 Å². The monoisotopic (exact) mass is 458 g/mol. The Kier molecular flexibility index (Phi) is 6.95. The highest BCUT2D eigenvalue weighted by atomic mass is 16.5. The molecule has 0 radical (unpaired) electrons. The zero-order valence-electron chi connectivity index (χ0n) is 20.0. The Labute approximate surface area is 201 Å². The van der Waals surface area contributed by atoms with Gasteiger partial charge in [-0.25, -0.2) is 0 Å². The summed E-state index contributed by atoms with van der Waals surface area (Å²) in [7, 11) is 1.65. The van der Waals surface area contributed by atoms with Crippen LogP contribution in [0, 0.1) is 5.92 Å². The number of benzene rings is 2. The summed E-state index contributed by atoms with van der Waals surface area (Å²) >= 11 is 0. The number of carbonyl (C=O) groups excluding carboxylic acids is 1. The highest BCUT2D eigenvalue weighted by molar-refractivity contribution is 5.93. The molecule has 1 amide bonds. The zero-order chi connectivity index (χ0) is 23.3. The fourth-order valence-electron chi connectivity index (χ4n) is 5.58. The van der Waals surface area contributed by atoms with Crippen molar-refractivity contribution in [2.45, 2.75) is 38.1 Å². The number of carbonyl (C=O) groups is 1. The van der Waals surface area contributed by atoms with Crippen LogP contribution < -0.4 is 4.74 Å². The van der Waals surface area contributed by atoms with Gasteiger partial charge in [0.1, 0.15) is 11.4 Å². The molecule has 2 atom stereocenters. The fraction of sp³-hybridized carbons (Fsp3) is 0.429. The SMILES string of the molecule is COc1ccc(-c2cc(C(=O)N3CCC[C@@H]4CN(CCCc5ccccc5)CC[C@@H]43)[nH]n2)cc1. The van der Waals surface area contributed by atoms with Crippen LogP contribution in [0.15, 0.2) is 60.7 Å². The topological polar surface area (TPSA) is 61.5 Å². The second-order valence-electron chi connectivity index (χ2n) is 9.54. The van der Waals surface area contributed by atoms with Crippen molar-refractivity contribution in [3.63, 3.8) is 0 Å². The minimum atomic E-state index is 0.0829. The molecule has 3 heterocycles. The third-order valence-electron chi connectivity index (χ3n) is 7.39. The summed E-state index contributed by atoms with van der Waals surface area (Å²) in [5, 5.41) is 7.41. The molecule has 0 saturated carbocycles. The molecule has 6 heteroatoms. The van der Waals surface area contributed by atoms with Crippen molar-refractivity contribution >= 4 is 5.91 Å². The second-order valence-corrected chi connectivity index (χ2v) is 9.54. The van der Waals surface area contributed by atoms with E-state index in [2.05, 4.69) is 50.3 Å². The normalized spacial score (nSPS) is 20.7.